The van der Waals surface area contributed by atoms with Crippen LogP contribution in [0, 0.1) is 0 Å². The van der Waals surface area contributed by atoms with Gasteiger partial charge in [-0.25, -0.2) is 0 Å². The van der Waals surface area contributed by atoms with Crippen LogP contribution in [0.5, 0.6) is 0 Å². The van der Waals surface area contributed by atoms with Crippen molar-refractivity contribution < 1.29 is 9.84 Å². The van der Waals surface area contributed by atoms with Crippen LogP contribution < -0.4 is 10.6 Å². The fourth-order valence-electron chi connectivity index (χ4n) is 2.76. The third kappa shape index (κ3) is 3.98. The lowest BCUT2D eigenvalue weighted by molar-refractivity contribution is -0.0261. The molecule has 0 amide bonds. The number of aliphatic hydroxyl groups is 1. The van der Waals surface area contributed by atoms with Crippen LogP contribution in [0.4, 0.5) is 0 Å². The smallest absolute Gasteiger partial charge is 0.167 e. The second kappa shape index (κ2) is 7.11. The van der Waals surface area contributed by atoms with Crippen LogP contribution in [0.2, 0.25) is 0 Å². The average molecular weight is 312 g/mol. The Labute approximate surface area is 130 Å². The Kier molecular flexibility index (Phi) is 5.18. The number of aliphatic imine (C=N–C) groups is 1. The molecule has 3 aliphatic rings. The van der Waals surface area contributed by atoms with Gasteiger partial charge >= 0.3 is 0 Å². The van der Waals surface area contributed by atoms with Crippen molar-refractivity contribution in [3.8, 4) is 0 Å². The summed E-state index contributed by atoms with van der Waals surface area (Å²) in [4.78, 5) is 6.85. The molecule has 3 N–H and O–H groups in total. The lowest BCUT2D eigenvalue weighted by Crippen LogP contribution is -2.50. The zero-order chi connectivity index (χ0) is 14.5. The maximum atomic E-state index is 10.4. The number of rotatable bonds is 5. The number of nitrogens with one attached hydrogen (secondary N) is 2. The van der Waals surface area contributed by atoms with E-state index in [0.29, 0.717) is 26.3 Å². The molecule has 0 aromatic heterocycles. The molecule has 0 unspecified atom stereocenters. The van der Waals surface area contributed by atoms with Crippen LogP contribution >= 0.6 is 11.8 Å². The highest BCUT2D eigenvalue weighted by Crippen LogP contribution is 2.30. The van der Waals surface area contributed by atoms with E-state index in [1.54, 1.807) is 11.8 Å². The molecule has 21 heavy (non-hydrogen) atoms. The quantitative estimate of drug-likeness (QED) is 0.619. The van der Waals surface area contributed by atoms with Crippen LogP contribution in [0.3, 0.4) is 0 Å². The Morgan fingerprint density at radius 2 is 2.52 bits per heavy atom. The van der Waals surface area contributed by atoms with Gasteiger partial charge in [-0.05, 0) is 11.8 Å². The standard InChI is InChI=1S/C14H24N4O2S/c19-14(10-16-5-7-20-11-14)9-15-4-2-12-8-21-13-17-3-1-6-18(12)13/h8,15-16,19H,1-7,9-11H2/t14-/m0/s1. The van der Waals surface area contributed by atoms with Crippen molar-refractivity contribution in [1.29, 1.82) is 0 Å². The van der Waals surface area contributed by atoms with Crippen LogP contribution in [0.1, 0.15) is 12.8 Å². The van der Waals surface area contributed by atoms with Gasteiger partial charge in [-0.3, -0.25) is 4.99 Å². The van der Waals surface area contributed by atoms with Crippen molar-refractivity contribution in [2.75, 3.05) is 52.5 Å². The number of nitrogens with zero attached hydrogens (tertiary/aromatic N) is 2. The summed E-state index contributed by atoms with van der Waals surface area (Å²) in [5.41, 5.74) is 0.542. The molecule has 3 rings (SSSR count). The van der Waals surface area contributed by atoms with E-state index >= 15 is 0 Å². The monoisotopic (exact) mass is 312 g/mol. The van der Waals surface area contributed by atoms with Crippen LogP contribution in [-0.2, 0) is 4.74 Å². The van der Waals surface area contributed by atoms with Crippen molar-refractivity contribution >= 4 is 16.9 Å². The number of hydrogen-bond donors (Lipinski definition) is 3. The molecule has 0 bridgehead atoms. The van der Waals surface area contributed by atoms with Gasteiger partial charge in [0.15, 0.2) is 5.17 Å². The summed E-state index contributed by atoms with van der Waals surface area (Å²) in [6.07, 6.45) is 2.11. The Balaban J connectivity index is 1.40. The summed E-state index contributed by atoms with van der Waals surface area (Å²) in [6, 6.07) is 0. The van der Waals surface area contributed by atoms with Crippen molar-refractivity contribution in [2.45, 2.75) is 18.4 Å². The number of fused-ring (bicyclic) bond motifs is 1. The summed E-state index contributed by atoms with van der Waals surface area (Å²) < 4.78 is 5.42. The molecule has 3 heterocycles. The molecule has 7 heteroatoms. The van der Waals surface area contributed by atoms with Gasteiger partial charge in [-0.1, -0.05) is 11.8 Å². The molecular formula is C14H24N4O2S. The summed E-state index contributed by atoms with van der Waals surface area (Å²) in [7, 11) is 0. The van der Waals surface area contributed by atoms with Crippen molar-refractivity contribution in [3.63, 3.8) is 0 Å². The van der Waals surface area contributed by atoms with Gasteiger partial charge in [0.2, 0.25) is 0 Å². The number of hydrogen-bond acceptors (Lipinski definition) is 7. The molecule has 1 atom stereocenters. The molecular weight excluding hydrogens is 288 g/mol. The normalized spacial score (nSPS) is 29.7. The average Bonchev–Trinajstić information content (AvgIpc) is 2.78. The van der Waals surface area contributed by atoms with Gasteiger partial charge in [0, 0.05) is 51.4 Å². The number of ether oxygens (including phenoxy) is 1. The van der Waals surface area contributed by atoms with E-state index in [1.165, 1.54) is 5.70 Å². The van der Waals surface area contributed by atoms with Crippen molar-refractivity contribution in [3.05, 3.63) is 11.1 Å². The lowest BCUT2D eigenvalue weighted by atomic mass is 10.1. The first kappa shape index (κ1) is 15.3. The SMILES string of the molecule is O[C@@]1(CNCCC2=CSC3=NCCCN23)CNCCOC1. The van der Waals surface area contributed by atoms with Crippen LogP contribution in [-0.4, -0.2) is 73.3 Å². The van der Waals surface area contributed by atoms with Gasteiger partial charge in [0.05, 0.1) is 13.2 Å². The predicted octanol–water partition coefficient (Wildman–Crippen LogP) is -0.0331. The first-order valence-electron chi connectivity index (χ1n) is 7.66. The molecule has 0 aromatic rings. The first-order valence-corrected chi connectivity index (χ1v) is 8.54. The molecule has 0 aromatic carbocycles. The highest BCUT2D eigenvalue weighted by Gasteiger charge is 2.29. The molecule has 1 saturated heterocycles. The van der Waals surface area contributed by atoms with Gasteiger partial charge < -0.3 is 25.4 Å². The van der Waals surface area contributed by atoms with E-state index in [-0.39, 0.29) is 0 Å². The van der Waals surface area contributed by atoms with Gasteiger partial charge in [0.1, 0.15) is 5.60 Å². The maximum absolute atomic E-state index is 10.4. The summed E-state index contributed by atoms with van der Waals surface area (Å²) in [5, 5.41) is 20.3. The zero-order valence-electron chi connectivity index (χ0n) is 12.3. The van der Waals surface area contributed by atoms with E-state index < -0.39 is 5.60 Å². The molecule has 3 aliphatic heterocycles. The van der Waals surface area contributed by atoms with Crippen molar-refractivity contribution in [1.82, 2.24) is 15.5 Å². The molecule has 6 nitrogen and oxygen atoms in total. The minimum atomic E-state index is -0.799. The summed E-state index contributed by atoms with van der Waals surface area (Å²) in [6.45, 7) is 5.92. The van der Waals surface area contributed by atoms with Crippen LogP contribution in [0.25, 0.3) is 0 Å². The molecule has 1 fully saturated rings. The van der Waals surface area contributed by atoms with Crippen molar-refractivity contribution in [2.24, 2.45) is 4.99 Å². The second-order valence-electron chi connectivity index (χ2n) is 5.78. The van der Waals surface area contributed by atoms with E-state index in [9.17, 15) is 5.11 Å². The third-order valence-electron chi connectivity index (χ3n) is 3.92. The minimum absolute atomic E-state index is 0.397. The molecule has 0 aliphatic carbocycles. The molecule has 0 radical (unpaired) electrons. The third-order valence-corrected chi connectivity index (χ3v) is 4.88. The van der Waals surface area contributed by atoms with E-state index in [2.05, 4.69) is 25.9 Å². The highest BCUT2D eigenvalue weighted by atomic mass is 32.2. The molecule has 0 saturated carbocycles. The zero-order valence-corrected chi connectivity index (χ0v) is 13.1. The first-order chi connectivity index (χ1) is 10.3. The highest BCUT2D eigenvalue weighted by molar-refractivity contribution is 8.16. The number of β-amino-alcohol motifs (C(OH)–C–C–N with tert-alkyl or cyclic N) is 1. The Morgan fingerprint density at radius 1 is 1.57 bits per heavy atom. The largest absolute Gasteiger partial charge is 0.385 e. The summed E-state index contributed by atoms with van der Waals surface area (Å²) >= 11 is 1.73. The van der Waals surface area contributed by atoms with Gasteiger partial charge in [-0.15, -0.1) is 0 Å². The molecule has 0 spiro atoms. The second-order valence-corrected chi connectivity index (χ2v) is 6.61. The van der Waals surface area contributed by atoms with Crippen LogP contribution in [0.15, 0.2) is 16.1 Å². The fraction of sp³-hybridized carbons (Fsp3) is 0.786. The lowest BCUT2D eigenvalue weighted by Gasteiger charge is -2.27. The predicted molar refractivity (Wildman–Crippen MR) is 85.4 cm³/mol. The van der Waals surface area contributed by atoms with E-state index in [0.717, 1.165) is 44.2 Å². The van der Waals surface area contributed by atoms with E-state index in [4.69, 9.17) is 4.74 Å². The maximum Gasteiger partial charge on any atom is 0.167 e. The Hall–Kier alpha value is -0.600. The van der Waals surface area contributed by atoms with E-state index in [1.807, 2.05) is 0 Å². The Morgan fingerprint density at radius 3 is 3.48 bits per heavy atom. The minimum Gasteiger partial charge on any atom is -0.385 e. The number of thioether (sulfide) groups is 1. The van der Waals surface area contributed by atoms with Gasteiger partial charge in [-0.2, -0.15) is 0 Å². The Bertz CT molecular complexity index is 419. The summed E-state index contributed by atoms with van der Waals surface area (Å²) in [5.74, 6) is 0. The molecule has 118 valence electrons. The number of amidine groups is 1. The fourth-order valence-corrected chi connectivity index (χ4v) is 3.75. The van der Waals surface area contributed by atoms with Gasteiger partial charge in [0.25, 0.3) is 0 Å². The topological polar surface area (TPSA) is 69.1 Å².